The van der Waals surface area contributed by atoms with Gasteiger partial charge in [-0.25, -0.2) is 0 Å². The van der Waals surface area contributed by atoms with E-state index in [1.165, 1.54) is 5.56 Å². The van der Waals surface area contributed by atoms with Gasteiger partial charge in [0, 0.05) is 16.8 Å². The molecule has 168 valence electrons. The van der Waals surface area contributed by atoms with Crippen molar-refractivity contribution >= 4 is 40.1 Å². The molecule has 0 radical (unpaired) electrons. The molecule has 0 atom stereocenters. The van der Waals surface area contributed by atoms with Gasteiger partial charge in [0.15, 0.2) is 10.9 Å². The lowest BCUT2D eigenvalue weighted by molar-refractivity contribution is 0.103. The maximum Gasteiger partial charge on any atom is 0.246 e. The van der Waals surface area contributed by atoms with E-state index in [1.54, 1.807) is 23.5 Å². The quantitative estimate of drug-likeness (QED) is 0.268. The van der Waals surface area contributed by atoms with Crippen LogP contribution >= 0.6 is 23.6 Å². The number of aromatic nitrogens is 2. The summed E-state index contributed by atoms with van der Waals surface area (Å²) in [5.41, 5.74) is 3.19. The zero-order chi connectivity index (χ0) is 23.4. The molecule has 0 fully saturated rings. The molecule has 0 aliphatic rings. The number of benzene rings is 2. The van der Waals surface area contributed by atoms with Crippen molar-refractivity contribution in [3.8, 4) is 10.7 Å². The van der Waals surface area contributed by atoms with E-state index in [4.69, 9.17) is 16.7 Å². The van der Waals surface area contributed by atoms with Gasteiger partial charge in [0.1, 0.15) is 0 Å². The summed E-state index contributed by atoms with van der Waals surface area (Å²) in [5.74, 6) is 0.956. The third kappa shape index (κ3) is 5.71. The SMILES string of the molecule is CC(C)(C)c1ccc(C(=O)c2cccc(NC(=S)NCc3nc(-c4cccs4)no3)c2)cc1. The van der Waals surface area contributed by atoms with Crippen LogP contribution in [0.5, 0.6) is 0 Å². The topological polar surface area (TPSA) is 80.0 Å². The van der Waals surface area contributed by atoms with E-state index in [9.17, 15) is 4.79 Å². The maximum absolute atomic E-state index is 13.0. The second kappa shape index (κ2) is 9.64. The first-order valence-corrected chi connectivity index (χ1v) is 11.7. The number of thiophene rings is 1. The van der Waals surface area contributed by atoms with Crippen molar-refractivity contribution in [2.45, 2.75) is 32.7 Å². The van der Waals surface area contributed by atoms with Crippen LogP contribution < -0.4 is 10.6 Å². The first-order chi connectivity index (χ1) is 15.8. The van der Waals surface area contributed by atoms with Crippen molar-refractivity contribution in [3.05, 3.63) is 88.6 Å². The molecule has 2 heterocycles. The van der Waals surface area contributed by atoms with Crippen molar-refractivity contribution in [3.63, 3.8) is 0 Å². The molecule has 2 aromatic carbocycles. The number of hydrogen-bond donors (Lipinski definition) is 2. The Balaban J connectivity index is 1.36. The third-order valence-corrected chi connectivity index (χ3v) is 6.12. The predicted molar refractivity (Wildman–Crippen MR) is 136 cm³/mol. The van der Waals surface area contributed by atoms with E-state index in [-0.39, 0.29) is 11.2 Å². The Morgan fingerprint density at radius 1 is 1.06 bits per heavy atom. The number of carbonyl (C=O) groups excluding carboxylic acids is 1. The molecule has 33 heavy (non-hydrogen) atoms. The van der Waals surface area contributed by atoms with Gasteiger partial charge in [0.05, 0.1) is 11.4 Å². The molecule has 0 spiro atoms. The van der Waals surface area contributed by atoms with E-state index in [1.807, 2.05) is 53.9 Å². The highest BCUT2D eigenvalue weighted by atomic mass is 32.1. The molecule has 0 aliphatic carbocycles. The molecule has 2 N–H and O–H groups in total. The lowest BCUT2D eigenvalue weighted by Crippen LogP contribution is -2.28. The molecule has 0 aliphatic heterocycles. The van der Waals surface area contributed by atoms with E-state index in [0.717, 1.165) is 10.6 Å². The summed E-state index contributed by atoms with van der Waals surface area (Å²) in [6.07, 6.45) is 0. The summed E-state index contributed by atoms with van der Waals surface area (Å²) in [6.45, 7) is 6.74. The normalized spacial score (nSPS) is 11.2. The van der Waals surface area contributed by atoms with Crippen molar-refractivity contribution in [1.29, 1.82) is 0 Å². The van der Waals surface area contributed by atoms with Crippen molar-refractivity contribution in [2.75, 3.05) is 5.32 Å². The van der Waals surface area contributed by atoms with Crippen LogP contribution in [0.2, 0.25) is 0 Å². The highest BCUT2D eigenvalue weighted by Gasteiger charge is 2.15. The van der Waals surface area contributed by atoms with Crippen LogP contribution in [0.3, 0.4) is 0 Å². The fraction of sp³-hybridized carbons (Fsp3) is 0.200. The van der Waals surface area contributed by atoms with Gasteiger partial charge in [-0.05, 0) is 46.8 Å². The molecule has 4 rings (SSSR count). The van der Waals surface area contributed by atoms with Crippen LogP contribution in [0, 0.1) is 0 Å². The van der Waals surface area contributed by atoms with E-state index >= 15 is 0 Å². The van der Waals surface area contributed by atoms with Gasteiger partial charge in [-0.1, -0.05) is 68.4 Å². The minimum Gasteiger partial charge on any atom is -0.353 e. The van der Waals surface area contributed by atoms with Gasteiger partial charge in [-0.2, -0.15) is 4.98 Å². The van der Waals surface area contributed by atoms with Crippen LogP contribution in [-0.2, 0) is 12.0 Å². The highest BCUT2D eigenvalue weighted by Crippen LogP contribution is 2.24. The lowest BCUT2D eigenvalue weighted by atomic mass is 9.86. The summed E-state index contributed by atoms with van der Waals surface area (Å²) < 4.78 is 5.27. The molecule has 8 heteroatoms. The van der Waals surface area contributed by atoms with Gasteiger partial charge >= 0.3 is 0 Å². The molecule has 0 amide bonds. The molecule has 0 unspecified atom stereocenters. The number of nitrogens with one attached hydrogen (secondary N) is 2. The average Bonchev–Trinajstić information content (AvgIpc) is 3.49. The first-order valence-electron chi connectivity index (χ1n) is 10.5. The zero-order valence-corrected chi connectivity index (χ0v) is 20.2. The Morgan fingerprint density at radius 2 is 1.85 bits per heavy atom. The molecule has 2 aromatic heterocycles. The Morgan fingerprint density at radius 3 is 2.55 bits per heavy atom. The first kappa shape index (κ1) is 22.8. The van der Waals surface area contributed by atoms with Gasteiger partial charge in [0.2, 0.25) is 11.7 Å². The standard InChI is InChI=1S/C25H24N4O2S2/c1-25(2,3)18-11-9-16(10-12-18)22(30)17-6-4-7-19(14-17)27-24(32)26-15-21-28-23(29-31-21)20-8-5-13-33-20/h4-14H,15H2,1-3H3,(H2,26,27,32). The van der Waals surface area contributed by atoms with Crippen molar-refractivity contribution < 1.29 is 9.32 Å². The van der Waals surface area contributed by atoms with Gasteiger partial charge in [0.25, 0.3) is 0 Å². The summed E-state index contributed by atoms with van der Waals surface area (Å²) in [7, 11) is 0. The van der Waals surface area contributed by atoms with Crippen LogP contribution in [0.15, 0.2) is 70.6 Å². The van der Waals surface area contributed by atoms with Crippen LogP contribution in [-0.4, -0.2) is 21.0 Å². The minimum atomic E-state index is -0.0371. The molecule has 0 saturated heterocycles. The summed E-state index contributed by atoms with van der Waals surface area (Å²) in [5, 5.41) is 12.5. The number of nitrogens with zero attached hydrogens (tertiary/aromatic N) is 2. The van der Waals surface area contributed by atoms with Gasteiger partial charge in [-0.15, -0.1) is 11.3 Å². The van der Waals surface area contributed by atoms with Crippen LogP contribution in [0.1, 0.15) is 48.1 Å². The molecular weight excluding hydrogens is 452 g/mol. The zero-order valence-electron chi connectivity index (χ0n) is 18.6. The monoisotopic (exact) mass is 476 g/mol. The molecule has 0 saturated carbocycles. The number of ketones is 1. The molecular formula is C25H24N4O2S2. The summed E-state index contributed by atoms with van der Waals surface area (Å²) in [4.78, 5) is 18.3. The minimum absolute atomic E-state index is 0.0371. The third-order valence-electron chi connectivity index (χ3n) is 5.01. The molecule has 0 bridgehead atoms. The van der Waals surface area contributed by atoms with E-state index < -0.39 is 0 Å². The largest absolute Gasteiger partial charge is 0.353 e. The fourth-order valence-corrected chi connectivity index (χ4v) is 4.03. The van der Waals surface area contributed by atoms with Crippen molar-refractivity contribution in [1.82, 2.24) is 15.5 Å². The van der Waals surface area contributed by atoms with Crippen LogP contribution in [0.4, 0.5) is 5.69 Å². The fourth-order valence-electron chi connectivity index (χ4n) is 3.19. The average molecular weight is 477 g/mol. The summed E-state index contributed by atoms with van der Waals surface area (Å²) in [6, 6.07) is 18.9. The second-order valence-electron chi connectivity index (χ2n) is 8.53. The van der Waals surface area contributed by atoms with E-state index in [0.29, 0.717) is 34.5 Å². The Bertz CT molecular complexity index is 1260. The van der Waals surface area contributed by atoms with E-state index in [2.05, 4.69) is 41.5 Å². The van der Waals surface area contributed by atoms with Crippen LogP contribution in [0.25, 0.3) is 10.7 Å². The number of hydrogen-bond acceptors (Lipinski definition) is 6. The van der Waals surface area contributed by atoms with Crippen molar-refractivity contribution in [2.24, 2.45) is 0 Å². The Kier molecular flexibility index (Phi) is 6.67. The number of anilines is 1. The number of thiocarbonyl (C=S) groups is 1. The summed E-state index contributed by atoms with van der Waals surface area (Å²) >= 11 is 6.93. The van der Waals surface area contributed by atoms with Gasteiger partial charge in [-0.3, -0.25) is 4.79 Å². The highest BCUT2D eigenvalue weighted by molar-refractivity contribution is 7.80. The Hall–Kier alpha value is -3.36. The Labute approximate surface area is 202 Å². The maximum atomic E-state index is 13.0. The number of rotatable bonds is 6. The molecule has 6 nitrogen and oxygen atoms in total. The molecule has 4 aromatic rings. The smallest absolute Gasteiger partial charge is 0.246 e. The van der Waals surface area contributed by atoms with Gasteiger partial charge < -0.3 is 15.2 Å². The lowest BCUT2D eigenvalue weighted by Gasteiger charge is -2.19. The number of carbonyl (C=O) groups is 1. The predicted octanol–water partition coefficient (Wildman–Crippen LogP) is 5.81. The second-order valence-corrected chi connectivity index (χ2v) is 9.89.